The Morgan fingerprint density at radius 3 is 2.26 bits per heavy atom. The molecule has 2 saturated heterocycles. The highest BCUT2D eigenvalue weighted by Gasteiger charge is 2.47. The summed E-state index contributed by atoms with van der Waals surface area (Å²) in [6.07, 6.45) is -7.74. The number of anilines is 1. The lowest BCUT2D eigenvalue weighted by Gasteiger charge is -2.21. The van der Waals surface area contributed by atoms with Crippen LogP contribution in [0.4, 0.5) is 5.82 Å². The maximum atomic E-state index is 12.5. The molecule has 0 radical (unpaired) electrons. The van der Waals surface area contributed by atoms with Gasteiger partial charge in [-0.3, -0.25) is 18.5 Å². The van der Waals surface area contributed by atoms with Gasteiger partial charge in [-0.25, -0.2) is 15.0 Å². The van der Waals surface area contributed by atoms with E-state index in [1.165, 1.54) is 10.9 Å². The third-order valence-electron chi connectivity index (χ3n) is 5.98. The predicted octanol–water partition coefficient (Wildman–Crippen LogP) is -3.03. The van der Waals surface area contributed by atoms with Crippen LogP contribution in [0.25, 0.3) is 11.2 Å². The Kier molecular flexibility index (Phi) is 8.73. The molecule has 21 heteroatoms. The number of aliphatic hydroxyl groups is 4. The minimum absolute atomic E-state index is 0.0706. The average molecular weight is 598 g/mol. The highest BCUT2D eigenvalue weighted by molar-refractivity contribution is 7.70. The van der Waals surface area contributed by atoms with Crippen LogP contribution in [0.2, 0.25) is 0 Å². The van der Waals surface area contributed by atoms with Crippen molar-refractivity contribution in [3.05, 3.63) is 12.7 Å². The molecule has 1 amide bonds. The number of nitrogen functional groups attached to an aromatic ring is 1. The number of aliphatic hydroxyl groups excluding tert-OH is 4. The molecule has 39 heavy (non-hydrogen) atoms. The van der Waals surface area contributed by atoms with Crippen molar-refractivity contribution in [1.29, 1.82) is 0 Å². The van der Waals surface area contributed by atoms with Crippen LogP contribution in [-0.2, 0) is 32.4 Å². The largest absolute Gasteiger partial charge is 0.388 e. The van der Waals surface area contributed by atoms with E-state index in [1.807, 2.05) is 0 Å². The number of ether oxygens (including phenoxy) is 2. The maximum Gasteiger partial charge on any atom is 0.340 e. The van der Waals surface area contributed by atoms with Gasteiger partial charge < -0.3 is 59.8 Å². The first-order valence-electron chi connectivity index (χ1n) is 11.3. The maximum absolute atomic E-state index is 12.5. The van der Waals surface area contributed by atoms with E-state index in [2.05, 4.69) is 20.3 Å². The molecule has 19 nitrogen and oxygen atoms in total. The number of amides is 1. The lowest BCUT2D eigenvalue weighted by atomic mass is 10.1. The second-order valence-electron chi connectivity index (χ2n) is 8.92. The monoisotopic (exact) mass is 598 g/mol. The lowest BCUT2D eigenvalue weighted by molar-refractivity contribution is -0.126. The second kappa shape index (κ2) is 11.4. The highest BCUT2D eigenvalue weighted by atomic mass is 31.2. The third-order valence-corrected chi connectivity index (χ3v) is 9.94. The van der Waals surface area contributed by atoms with Crippen molar-refractivity contribution in [2.75, 3.05) is 24.9 Å². The molecule has 0 aliphatic carbocycles. The van der Waals surface area contributed by atoms with Crippen LogP contribution in [0, 0.1) is 0 Å². The molecule has 10 atom stereocenters. The molecule has 2 aromatic heterocycles. The summed E-state index contributed by atoms with van der Waals surface area (Å²) < 4.78 is 46.4. The van der Waals surface area contributed by atoms with Gasteiger partial charge in [-0.2, -0.15) is 0 Å². The van der Waals surface area contributed by atoms with Crippen molar-refractivity contribution in [2.24, 2.45) is 0 Å². The topological polar surface area (TPSA) is 291 Å². The summed E-state index contributed by atoms with van der Waals surface area (Å²) >= 11 is 0. The summed E-state index contributed by atoms with van der Waals surface area (Å²) in [5, 5.41) is 43.0. The summed E-state index contributed by atoms with van der Waals surface area (Å²) in [6.45, 7) is -0.389. The lowest BCUT2D eigenvalue weighted by Crippen LogP contribution is -2.47. The minimum atomic E-state index is -4.83. The average Bonchev–Trinajstić information content (AvgIpc) is 3.47. The van der Waals surface area contributed by atoms with Crippen LogP contribution in [0.15, 0.2) is 12.7 Å². The van der Waals surface area contributed by atoms with E-state index in [-0.39, 0.29) is 17.0 Å². The van der Waals surface area contributed by atoms with Gasteiger partial charge >= 0.3 is 15.2 Å². The van der Waals surface area contributed by atoms with Crippen LogP contribution >= 0.6 is 15.2 Å². The van der Waals surface area contributed by atoms with Crippen molar-refractivity contribution in [3.8, 4) is 0 Å². The molecular formula is C18H28N6O13P2. The molecule has 4 rings (SSSR count). The van der Waals surface area contributed by atoms with E-state index in [0.29, 0.717) is 0 Å². The molecule has 2 aliphatic rings. The van der Waals surface area contributed by atoms with Crippen LogP contribution in [0.3, 0.4) is 0 Å². The first-order chi connectivity index (χ1) is 18.2. The number of nitrogens with one attached hydrogen (secondary N) is 1. The van der Waals surface area contributed by atoms with Gasteiger partial charge in [0.25, 0.3) is 0 Å². The van der Waals surface area contributed by atoms with E-state index in [0.717, 1.165) is 13.3 Å². The van der Waals surface area contributed by atoms with Crippen LogP contribution in [0.5, 0.6) is 0 Å². The number of hydrogen-bond donors (Lipinski definition) is 8. The zero-order chi connectivity index (χ0) is 28.7. The fourth-order valence-corrected chi connectivity index (χ4v) is 7.33. The molecule has 2 fully saturated rings. The Labute approximate surface area is 219 Å². The number of nitrogens with zero attached hydrogens (tertiary/aromatic N) is 4. The first kappa shape index (κ1) is 29.9. The zero-order valence-corrected chi connectivity index (χ0v) is 22.0. The van der Waals surface area contributed by atoms with Crippen LogP contribution < -0.4 is 11.1 Å². The van der Waals surface area contributed by atoms with E-state index in [1.54, 1.807) is 0 Å². The van der Waals surface area contributed by atoms with Crippen molar-refractivity contribution in [2.45, 2.75) is 56.0 Å². The normalized spacial score (nSPS) is 34.1. The summed E-state index contributed by atoms with van der Waals surface area (Å²) in [5.41, 5.74) is 6.15. The van der Waals surface area contributed by atoms with Gasteiger partial charge in [-0.05, 0) is 0 Å². The fraction of sp³-hybridized carbons (Fsp3) is 0.667. The van der Waals surface area contributed by atoms with Gasteiger partial charge in [0, 0.05) is 6.92 Å². The Morgan fingerprint density at radius 1 is 1.03 bits per heavy atom. The second-order valence-corrected chi connectivity index (χ2v) is 13.1. The SMILES string of the molecule is CC(=O)N[C@@H]1C(O)O[C@H](COP(=O)(O)CP(=O)(O)OC[C@H]2O[C@@H](n3cnc4c(N)ncnc43)C(O)C2O)C1O. The molecule has 2 aliphatic heterocycles. The molecule has 4 heterocycles. The third kappa shape index (κ3) is 6.62. The van der Waals surface area contributed by atoms with Gasteiger partial charge in [0.1, 0.15) is 48.4 Å². The Morgan fingerprint density at radius 2 is 1.64 bits per heavy atom. The highest BCUT2D eigenvalue weighted by Crippen LogP contribution is 2.58. The zero-order valence-electron chi connectivity index (χ0n) is 20.2. The van der Waals surface area contributed by atoms with Crippen molar-refractivity contribution >= 4 is 38.1 Å². The number of nitrogens with two attached hydrogens (primary N) is 1. The molecule has 9 N–H and O–H groups in total. The fourth-order valence-electron chi connectivity index (χ4n) is 4.11. The number of aromatic nitrogens is 4. The Bertz CT molecular complexity index is 1300. The smallest absolute Gasteiger partial charge is 0.340 e. The number of rotatable bonds is 10. The standard InChI is InChI=1S/C18H28N6O13P2/c1-7(25)23-10-12(26)8(37-18(10)29)2-34-38(30,31)6-39(32,33)35-3-9-13(27)14(28)17(36-9)24-5-22-11-15(19)20-4-21-16(11)24/h4-5,8-10,12-14,17-18,26-29H,2-3,6H2,1H3,(H,23,25)(H,30,31)(H,32,33)(H2,19,20,21)/t8-,9-,10+,12?,13?,14?,17-,18?/m1/s1. The van der Waals surface area contributed by atoms with Crippen molar-refractivity contribution in [1.82, 2.24) is 24.8 Å². The number of hydrogen-bond acceptors (Lipinski definition) is 15. The number of imidazole rings is 1. The molecule has 2 aromatic rings. The van der Waals surface area contributed by atoms with E-state index in [9.17, 15) is 44.1 Å². The van der Waals surface area contributed by atoms with Crippen molar-refractivity contribution in [3.63, 3.8) is 0 Å². The molecule has 6 unspecified atom stereocenters. The first-order valence-corrected chi connectivity index (χ1v) is 14.9. The summed E-state index contributed by atoms with van der Waals surface area (Å²) in [5.74, 6) is -1.87. The number of fused-ring (bicyclic) bond motifs is 1. The summed E-state index contributed by atoms with van der Waals surface area (Å²) in [7, 11) is -9.66. The van der Waals surface area contributed by atoms with Crippen molar-refractivity contribution < 1.29 is 62.7 Å². The summed E-state index contributed by atoms with van der Waals surface area (Å²) in [4.78, 5) is 43.2. The number of carbonyl (C=O) groups is 1. The number of carbonyl (C=O) groups excluding carboxylic acids is 1. The van der Waals surface area contributed by atoms with Crippen LogP contribution in [0.1, 0.15) is 13.2 Å². The van der Waals surface area contributed by atoms with Gasteiger partial charge in [0.2, 0.25) is 5.91 Å². The Balaban J connectivity index is 1.32. The van der Waals surface area contributed by atoms with Gasteiger partial charge in [-0.15, -0.1) is 0 Å². The van der Waals surface area contributed by atoms with Crippen LogP contribution in [-0.4, -0.2) is 118 Å². The van der Waals surface area contributed by atoms with E-state index in [4.69, 9.17) is 24.3 Å². The molecule has 0 spiro atoms. The minimum Gasteiger partial charge on any atom is -0.388 e. The predicted molar refractivity (Wildman–Crippen MR) is 127 cm³/mol. The quantitative estimate of drug-likeness (QED) is 0.126. The van der Waals surface area contributed by atoms with E-state index < -0.39 is 89.3 Å². The van der Waals surface area contributed by atoms with E-state index >= 15 is 0 Å². The molecule has 0 aromatic carbocycles. The van der Waals surface area contributed by atoms with Gasteiger partial charge in [0.15, 0.2) is 29.9 Å². The molecule has 0 saturated carbocycles. The molecule has 0 bridgehead atoms. The van der Waals surface area contributed by atoms with Gasteiger partial charge in [0.05, 0.1) is 19.5 Å². The molecular weight excluding hydrogens is 570 g/mol. The Hall–Kier alpha value is -2.12. The molecule has 218 valence electrons. The van der Waals surface area contributed by atoms with Gasteiger partial charge in [-0.1, -0.05) is 0 Å². The summed E-state index contributed by atoms with van der Waals surface area (Å²) in [6, 6.07) is -1.22.